The zero-order valence-corrected chi connectivity index (χ0v) is 16.8. The summed E-state index contributed by atoms with van der Waals surface area (Å²) in [7, 11) is 0. The van der Waals surface area contributed by atoms with Crippen LogP contribution in [0.4, 0.5) is 5.69 Å². The minimum absolute atomic E-state index is 0.0592. The van der Waals surface area contributed by atoms with Crippen LogP contribution in [0.2, 0.25) is 5.02 Å². The van der Waals surface area contributed by atoms with Crippen LogP contribution in [-0.2, 0) is 11.3 Å². The topological polar surface area (TPSA) is 56.4 Å². The number of hydrogen-bond donors (Lipinski definition) is 1. The molecule has 3 heterocycles. The SMILES string of the molecule is O=C1CCCN1C1CCN(Cc2cc3ccccc3[nH]c2=O)c2ccc(Cl)cc21. The average molecular weight is 408 g/mol. The van der Waals surface area contributed by atoms with E-state index in [0.717, 1.165) is 53.6 Å². The van der Waals surface area contributed by atoms with E-state index in [2.05, 4.69) is 9.88 Å². The zero-order chi connectivity index (χ0) is 20.0. The molecule has 0 radical (unpaired) electrons. The Morgan fingerprint density at radius 3 is 2.76 bits per heavy atom. The van der Waals surface area contributed by atoms with Gasteiger partial charge in [0.2, 0.25) is 5.91 Å². The van der Waals surface area contributed by atoms with Gasteiger partial charge in [-0.3, -0.25) is 9.59 Å². The molecule has 0 aliphatic carbocycles. The summed E-state index contributed by atoms with van der Waals surface area (Å²) in [4.78, 5) is 32.2. The first-order valence-electron chi connectivity index (χ1n) is 10.0. The molecule has 1 fully saturated rings. The highest BCUT2D eigenvalue weighted by Gasteiger charge is 2.34. The standard InChI is InChI=1S/C23H22ClN3O2/c24-17-7-8-20-18(13-17)21(27-10-3-6-22(27)28)9-11-26(20)14-16-12-15-4-1-2-5-19(15)25-23(16)29/h1-2,4-5,7-8,12-13,21H,3,6,9-11,14H2,(H,25,29). The Labute approximate surface area is 173 Å². The highest BCUT2D eigenvalue weighted by Crippen LogP contribution is 2.40. The summed E-state index contributed by atoms with van der Waals surface area (Å²) in [5.74, 6) is 0.223. The lowest BCUT2D eigenvalue weighted by Crippen LogP contribution is -2.39. The summed E-state index contributed by atoms with van der Waals surface area (Å²) in [6.07, 6.45) is 2.38. The molecule has 0 bridgehead atoms. The Kier molecular flexibility index (Phi) is 4.55. The number of aromatic amines is 1. The number of benzene rings is 2. The maximum atomic E-state index is 12.6. The number of H-pyrrole nitrogens is 1. The van der Waals surface area contributed by atoms with Crippen molar-refractivity contribution in [3.8, 4) is 0 Å². The van der Waals surface area contributed by atoms with Crippen molar-refractivity contribution < 1.29 is 4.79 Å². The number of para-hydroxylation sites is 1. The fourth-order valence-electron chi connectivity index (χ4n) is 4.64. The number of carbonyl (C=O) groups excluding carboxylic acids is 1. The van der Waals surface area contributed by atoms with Gasteiger partial charge >= 0.3 is 0 Å². The third-order valence-electron chi connectivity index (χ3n) is 6.04. The molecule has 6 heteroatoms. The first-order valence-corrected chi connectivity index (χ1v) is 10.4. The van der Waals surface area contributed by atoms with Gasteiger partial charge in [0.15, 0.2) is 0 Å². The number of rotatable bonds is 3. The number of fused-ring (bicyclic) bond motifs is 2. The Morgan fingerprint density at radius 2 is 1.93 bits per heavy atom. The number of likely N-dealkylation sites (tertiary alicyclic amines) is 1. The van der Waals surface area contributed by atoms with Gasteiger partial charge in [-0.15, -0.1) is 0 Å². The van der Waals surface area contributed by atoms with E-state index >= 15 is 0 Å². The molecule has 1 aromatic heterocycles. The van der Waals surface area contributed by atoms with Gasteiger partial charge in [-0.2, -0.15) is 0 Å². The molecule has 5 nitrogen and oxygen atoms in total. The largest absolute Gasteiger partial charge is 0.367 e. The first-order chi connectivity index (χ1) is 14.1. The smallest absolute Gasteiger partial charge is 0.253 e. The summed E-state index contributed by atoms with van der Waals surface area (Å²) in [6, 6.07) is 15.7. The predicted octanol–water partition coefficient (Wildman–Crippen LogP) is 4.26. The van der Waals surface area contributed by atoms with E-state index in [1.165, 1.54) is 0 Å². The molecule has 2 aliphatic heterocycles. The van der Waals surface area contributed by atoms with Crippen molar-refractivity contribution in [3.63, 3.8) is 0 Å². The summed E-state index contributed by atoms with van der Waals surface area (Å²) < 4.78 is 0. The van der Waals surface area contributed by atoms with Gasteiger partial charge in [0.1, 0.15) is 0 Å². The highest BCUT2D eigenvalue weighted by molar-refractivity contribution is 6.30. The van der Waals surface area contributed by atoms with Crippen molar-refractivity contribution in [1.29, 1.82) is 0 Å². The molecule has 2 aromatic carbocycles. The minimum Gasteiger partial charge on any atom is -0.367 e. The lowest BCUT2D eigenvalue weighted by molar-refractivity contribution is -0.130. The van der Waals surface area contributed by atoms with Gasteiger partial charge in [-0.05, 0) is 54.1 Å². The Bertz CT molecular complexity index is 1160. The number of amides is 1. The molecule has 3 aromatic rings. The van der Waals surface area contributed by atoms with E-state index < -0.39 is 0 Å². The second kappa shape index (κ2) is 7.23. The first kappa shape index (κ1) is 18.3. The van der Waals surface area contributed by atoms with E-state index in [1.54, 1.807) is 0 Å². The lowest BCUT2D eigenvalue weighted by atomic mass is 9.94. The van der Waals surface area contributed by atoms with Gasteiger partial charge in [0.25, 0.3) is 5.56 Å². The van der Waals surface area contributed by atoms with Gasteiger partial charge in [-0.1, -0.05) is 29.8 Å². The maximum Gasteiger partial charge on any atom is 0.253 e. The zero-order valence-electron chi connectivity index (χ0n) is 16.0. The number of hydrogen-bond acceptors (Lipinski definition) is 3. The summed E-state index contributed by atoms with van der Waals surface area (Å²) >= 11 is 6.31. The fraction of sp³-hybridized carbons (Fsp3) is 0.304. The van der Waals surface area contributed by atoms with Crippen molar-refractivity contribution in [2.75, 3.05) is 18.0 Å². The molecule has 0 spiro atoms. The number of halogens is 1. The maximum absolute atomic E-state index is 12.6. The Balaban J connectivity index is 1.51. The average Bonchev–Trinajstić information content (AvgIpc) is 3.14. The summed E-state index contributed by atoms with van der Waals surface area (Å²) in [5, 5.41) is 1.70. The van der Waals surface area contributed by atoms with Gasteiger partial charge in [0.05, 0.1) is 6.04 Å². The van der Waals surface area contributed by atoms with Crippen LogP contribution in [0.1, 0.15) is 36.4 Å². The van der Waals surface area contributed by atoms with Gasteiger partial charge < -0.3 is 14.8 Å². The van der Waals surface area contributed by atoms with E-state index in [9.17, 15) is 9.59 Å². The van der Waals surface area contributed by atoms with Crippen LogP contribution in [0.25, 0.3) is 10.9 Å². The molecule has 1 N–H and O–H groups in total. The molecule has 1 atom stereocenters. The van der Waals surface area contributed by atoms with Crippen LogP contribution in [0.5, 0.6) is 0 Å². The number of aromatic nitrogens is 1. The monoisotopic (exact) mass is 407 g/mol. The molecule has 1 amide bonds. The number of nitrogens with zero attached hydrogens (tertiary/aromatic N) is 2. The fourth-order valence-corrected chi connectivity index (χ4v) is 4.82. The molecule has 5 rings (SSSR count). The predicted molar refractivity (Wildman–Crippen MR) is 115 cm³/mol. The normalized spacial score (nSPS) is 19.1. The van der Waals surface area contributed by atoms with Crippen molar-refractivity contribution in [1.82, 2.24) is 9.88 Å². The van der Waals surface area contributed by atoms with Crippen molar-refractivity contribution in [2.24, 2.45) is 0 Å². The van der Waals surface area contributed by atoms with Crippen molar-refractivity contribution in [2.45, 2.75) is 31.8 Å². The third-order valence-corrected chi connectivity index (χ3v) is 6.27. The lowest BCUT2D eigenvalue weighted by Gasteiger charge is -2.39. The summed E-state index contributed by atoms with van der Waals surface area (Å²) in [6.45, 7) is 2.12. The van der Waals surface area contributed by atoms with Crippen LogP contribution < -0.4 is 10.5 Å². The number of pyridine rings is 1. The van der Waals surface area contributed by atoms with Crippen molar-refractivity contribution in [3.05, 3.63) is 75.0 Å². The quantitative estimate of drug-likeness (QED) is 0.705. The molecule has 29 heavy (non-hydrogen) atoms. The molecule has 2 aliphatic rings. The van der Waals surface area contributed by atoms with Crippen LogP contribution >= 0.6 is 11.6 Å². The third kappa shape index (κ3) is 3.29. The highest BCUT2D eigenvalue weighted by atomic mass is 35.5. The van der Waals surface area contributed by atoms with Crippen LogP contribution in [0.15, 0.2) is 53.3 Å². The molecule has 1 saturated heterocycles. The van der Waals surface area contributed by atoms with Crippen LogP contribution in [0, 0.1) is 0 Å². The molecule has 0 saturated carbocycles. The van der Waals surface area contributed by atoms with Crippen molar-refractivity contribution >= 4 is 34.1 Å². The molecule has 148 valence electrons. The van der Waals surface area contributed by atoms with E-state index in [4.69, 9.17) is 11.6 Å². The number of carbonyl (C=O) groups is 1. The van der Waals surface area contributed by atoms with E-state index in [0.29, 0.717) is 18.0 Å². The second-order valence-corrected chi connectivity index (χ2v) is 8.27. The molecular weight excluding hydrogens is 386 g/mol. The minimum atomic E-state index is -0.0592. The van der Waals surface area contributed by atoms with Gasteiger partial charge in [-0.25, -0.2) is 0 Å². The second-order valence-electron chi connectivity index (χ2n) is 7.83. The molecular formula is C23H22ClN3O2. The van der Waals surface area contributed by atoms with E-state index in [-0.39, 0.29) is 17.5 Å². The summed E-state index contributed by atoms with van der Waals surface area (Å²) in [5.41, 5.74) is 3.66. The van der Waals surface area contributed by atoms with Crippen LogP contribution in [0.3, 0.4) is 0 Å². The van der Waals surface area contributed by atoms with E-state index in [1.807, 2.05) is 53.4 Å². The Hall–Kier alpha value is -2.79. The van der Waals surface area contributed by atoms with Crippen LogP contribution in [-0.4, -0.2) is 28.9 Å². The Morgan fingerprint density at radius 1 is 1.07 bits per heavy atom. The van der Waals surface area contributed by atoms with Gasteiger partial charge in [0, 0.05) is 47.8 Å². The number of anilines is 1. The molecule has 1 unspecified atom stereocenters. The number of nitrogens with one attached hydrogen (secondary N) is 1.